The van der Waals surface area contributed by atoms with Crippen molar-refractivity contribution < 1.29 is 9.53 Å². The summed E-state index contributed by atoms with van der Waals surface area (Å²) < 4.78 is 7.26. The summed E-state index contributed by atoms with van der Waals surface area (Å²) in [6.45, 7) is 7.81. The SMILES string of the molecule is COCCn1c(C)c(C)sc1=NC(=O)C1CCC(C)CC1. The summed E-state index contributed by atoms with van der Waals surface area (Å²) in [6.07, 6.45) is 4.28. The van der Waals surface area contributed by atoms with E-state index < -0.39 is 0 Å². The fraction of sp³-hybridized carbons (Fsp3) is 0.750. The second-order valence-electron chi connectivity index (χ2n) is 6.08. The summed E-state index contributed by atoms with van der Waals surface area (Å²) in [5.74, 6) is 0.945. The zero-order chi connectivity index (χ0) is 15.4. The zero-order valence-corrected chi connectivity index (χ0v) is 14.3. The number of ether oxygens (including phenoxy) is 1. The van der Waals surface area contributed by atoms with Crippen molar-refractivity contribution in [1.29, 1.82) is 0 Å². The predicted octanol–water partition coefficient (Wildman–Crippen LogP) is 3.07. The van der Waals surface area contributed by atoms with Gasteiger partial charge in [-0.15, -0.1) is 11.3 Å². The second kappa shape index (κ2) is 7.36. The van der Waals surface area contributed by atoms with Crippen LogP contribution in [0.15, 0.2) is 4.99 Å². The first-order valence-electron chi connectivity index (χ1n) is 7.77. The Morgan fingerprint density at radius 1 is 1.33 bits per heavy atom. The van der Waals surface area contributed by atoms with Crippen LogP contribution in [0.25, 0.3) is 0 Å². The Morgan fingerprint density at radius 3 is 2.62 bits per heavy atom. The molecular weight excluding hydrogens is 284 g/mol. The molecule has 0 N–H and O–H groups in total. The summed E-state index contributed by atoms with van der Waals surface area (Å²) in [4.78, 5) is 18.9. The van der Waals surface area contributed by atoms with E-state index in [1.165, 1.54) is 10.6 Å². The predicted molar refractivity (Wildman–Crippen MR) is 85.4 cm³/mol. The molecule has 1 aromatic rings. The highest BCUT2D eigenvalue weighted by molar-refractivity contribution is 7.09. The first-order chi connectivity index (χ1) is 10.0. The molecule has 5 heteroatoms. The van der Waals surface area contributed by atoms with Crippen molar-refractivity contribution in [1.82, 2.24) is 4.57 Å². The van der Waals surface area contributed by atoms with Gasteiger partial charge in [-0.25, -0.2) is 0 Å². The van der Waals surface area contributed by atoms with Crippen molar-refractivity contribution in [3.8, 4) is 0 Å². The molecule has 0 aliphatic heterocycles. The average Bonchev–Trinajstić information content (AvgIpc) is 2.72. The molecule has 0 unspecified atom stereocenters. The molecular formula is C16H26N2O2S. The van der Waals surface area contributed by atoms with Gasteiger partial charge in [-0.05, 0) is 45.4 Å². The topological polar surface area (TPSA) is 43.6 Å². The van der Waals surface area contributed by atoms with Crippen LogP contribution in [0.4, 0.5) is 0 Å². The molecule has 1 aromatic heterocycles. The van der Waals surface area contributed by atoms with Crippen molar-refractivity contribution >= 4 is 17.2 Å². The van der Waals surface area contributed by atoms with Crippen LogP contribution in [0.2, 0.25) is 0 Å². The minimum atomic E-state index is 0.0642. The molecule has 1 saturated carbocycles. The lowest BCUT2D eigenvalue weighted by molar-refractivity contribution is -0.123. The van der Waals surface area contributed by atoms with Gasteiger partial charge in [0, 0.05) is 30.1 Å². The van der Waals surface area contributed by atoms with Gasteiger partial charge in [0.2, 0.25) is 0 Å². The molecule has 0 radical (unpaired) electrons. The van der Waals surface area contributed by atoms with Crippen LogP contribution in [0.5, 0.6) is 0 Å². The fourth-order valence-corrected chi connectivity index (χ4v) is 3.83. The maximum atomic E-state index is 12.4. The van der Waals surface area contributed by atoms with Gasteiger partial charge in [-0.3, -0.25) is 4.79 Å². The lowest BCUT2D eigenvalue weighted by atomic mass is 9.83. The molecule has 118 valence electrons. The van der Waals surface area contributed by atoms with Gasteiger partial charge in [0.05, 0.1) is 6.61 Å². The van der Waals surface area contributed by atoms with Crippen molar-refractivity contribution in [3.63, 3.8) is 0 Å². The van der Waals surface area contributed by atoms with E-state index in [4.69, 9.17) is 4.74 Å². The minimum Gasteiger partial charge on any atom is -0.383 e. The first-order valence-corrected chi connectivity index (χ1v) is 8.59. The molecule has 1 aliphatic rings. The van der Waals surface area contributed by atoms with Crippen LogP contribution in [-0.2, 0) is 16.1 Å². The normalized spacial score (nSPS) is 23.5. The Hall–Kier alpha value is -0.940. The van der Waals surface area contributed by atoms with Crippen LogP contribution in [-0.4, -0.2) is 24.2 Å². The van der Waals surface area contributed by atoms with Gasteiger partial charge in [0.15, 0.2) is 4.80 Å². The maximum absolute atomic E-state index is 12.4. The Kier molecular flexibility index (Phi) is 5.76. The Morgan fingerprint density at radius 2 is 2.00 bits per heavy atom. The van der Waals surface area contributed by atoms with E-state index >= 15 is 0 Å². The minimum absolute atomic E-state index is 0.0642. The molecule has 0 saturated heterocycles. The molecule has 4 nitrogen and oxygen atoms in total. The molecule has 0 aromatic carbocycles. The zero-order valence-electron chi connectivity index (χ0n) is 13.5. The first kappa shape index (κ1) is 16.4. The number of methoxy groups -OCH3 is 1. The van der Waals surface area contributed by atoms with E-state index in [1.54, 1.807) is 18.4 Å². The van der Waals surface area contributed by atoms with Gasteiger partial charge >= 0.3 is 0 Å². The number of carbonyl (C=O) groups excluding carboxylic acids is 1. The number of aromatic nitrogens is 1. The third-order valence-electron chi connectivity index (χ3n) is 4.48. The smallest absolute Gasteiger partial charge is 0.251 e. The van der Waals surface area contributed by atoms with Crippen LogP contribution in [0, 0.1) is 25.7 Å². The van der Waals surface area contributed by atoms with E-state index in [0.29, 0.717) is 6.61 Å². The number of hydrogen-bond donors (Lipinski definition) is 0. The molecule has 2 rings (SSSR count). The number of rotatable bonds is 4. The number of thiazole rings is 1. The third kappa shape index (κ3) is 4.04. The second-order valence-corrected chi connectivity index (χ2v) is 7.26. The molecule has 1 heterocycles. The van der Waals surface area contributed by atoms with Gasteiger partial charge < -0.3 is 9.30 Å². The fourth-order valence-electron chi connectivity index (χ4n) is 2.82. The van der Waals surface area contributed by atoms with Gasteiger partial charge in [-0.1, -0.05) is 6.92 Å². The summed E-state index contributed by atoms with van der Waals surface area (Å²) in [6, 6.07) is 0. The van der Waals surface area contributed by atoms with E-state index in [-0.39, 0.29) is 11.8 Å². The van der Waals surface area contributed by atoms with Crippen molar-refractivity contribution in [2.45, 2.75) is 53.0 Å². The van der Waals surface area contributed by atoms with Crippen molar-refractivity contribution in [3.05, 3.63) is 15.4 Å². The lowest BCUT2D eigenvalue weighted by Gasteiger charge is -2.23. The molecule has 0 bridgehead atoms. The number of aryl methyl sites for hydroxylation is 1. The van der Waals surface area contributed by atoms with E-state index in [1.807, 2.05) is 0 Å². The Labute approximate surface area is 130 Å². The van der Waals surface area contributed by atoms with Crippen LogP contribution >= 0.6 is 11.3 Å². The van der Waals surface area contributed by atoms with E-state index in [0.717, 1.165) is 42.9 Å². The number of nitrogens with zero attached hydrogens (tertiary/aromatic N) is 2. The number of amides is 1. The molecule has 0 spiro atoms. The summed E-state index contributed by atoms with van der Waals surface area (Å²) in [5, 5.41) is 0. The van der Waals surface area contributed by atoms with Crippen LogP contribution in [0.3, 0.4) is 0 Å². The molecule has 0 atom stereocenters. The monoisotopic (exact) mass is 310 g/mol. The van der Waals surface area contributed by atoms with E-state index in [2.05, 4.69) is 30.3 Å². The number of carbonyl (C=O) groups is 1. The maximum Gasteiger partial charge on any atom is 0.251 e. The Bertz CT molecular complexity index is 551. The summed E-state index contributed by atoms with van der Waals surface area (Å²) in [5.41, 5.74) is 1.18. The molecule has 1 amide bonds. The van der Waals surface area contributed by atoms with Crippen molar-refractivity contribution in [2.75, 3.05) is 13.7 Å². The summed E-state index contributed by atoms with van der Waals surface area (Å²) in [7, 11) is 1.69. The van der Waals surface area contributed by atoms with E-state index in [9.17, 15) is 4.79 Å². The lowest BCUT2D eigenvalue weighted by Crippen LogP contribution is -2.24. The molecule has 1 aliphatic carbocycles. The van der Waals surface area contributed by atoms with Crippen LogP contribution in [0.1, 0.15) is 43.2 Å². The third-order valence-corrected chi connectivity index (χ3v) is 5.58. The highest BCUT2D eigenvalue weighted by Crippen LogP contribution is 2.29. The van der Waals surface area contributed by atoms with Gasteiger partial charge in [-0.2, -0.15) is 4.99 Å². The highest BCUT2D eigenvalue weighted by Gasteiger charge is 2.24. The Balaban J connectivity index is 2.19. The van der Waals surface area contributed by atoms with Crippen LogP contribution < -0.4 is 4.80 Å². The van der Waals surface area contributed by atoms with Crippen molar-refractivity contribution in [2.24, 2.45) is 16.8 Å². The van der Waals surface area contributed by atoms with Gasteiger partial charge in [0.25, 0.3) is 5.91 Å². The molecule has 21 heavy (non-hydrogen) atoms. The average molecular weight is 310 g/mol. The van der Waals surface area contributed by atoms with Gasteiger partial charge in [0.1, 0.15) is 0 Å². The summed E-state index contributed by atoms with van der Waals surface area (Å²) >= 11 is 1.60. The number of hydrogen-bond acceptors (Lipinski definition) is 3. The standard InChI is InChI=1S/C16H26N2O2S/c1-11-5-7-14(8-6-11)15(19)17-16-18(9-10-20-4)12(2)13(3)21-16/h11,14H,5-10H2,1-4H3. The largest absolute Gasteiger partial charge is 0.383 e. The quantitative estimate of drug-likeness (QED) is 0.858. The molecule has 1 fully saturated rings. The highest BCUT2D eigenvalue weighted by atomic mass is 32.1.